The number of amidine groups is 1. The third kappa shape index (κ3) is 7.29. The number of hydrazone groups is 1. The number of nitrogens with one attached hydrogen (secondary N) is 2. The normalized spacial score (nSPS) is 16.2. The van der Waals surface area contributed by atoms with E-state index in [9.17, 15) is 14.4 Å². The van der Waals surface area contributed by atoms with Gasteiger partial charge in [-0.05, 0) is 36.6 Å². The quantitative estimate of drug-likeness (QED) is 0.285. The summed E-state index contributed by atoms with van der Waals surface area (Å²) in [5.41, 5.74) is 8.58. The molecule has 2 aromatic rings. The van der Waals surface area contributed by atoms with Crippen LogP contribution in [0.25, 0.3) is 0 Å². The number of benzene rings is 2. The zero-order valence-electron chi connectivity index (χ0n) is 23.4. The smallest absolute Gasteiger partial charge is 0.345 e. The van der Waals surface area contributed by atoms with Gasteiger partial charge in [0.2, 0.25) is 5.91 Å². The number of hydrogen-bond donors (Lipinski definition) is 3. The maximum absolute atomic E-state index is 14.0. The Bertz CT molecular complexity index is 1310. The SMILES string of the molecule is CC(C)(C)C(=O)CN1C(=O)N(CC(=O)Nc2cccc(CSC(=N)N)c2)N=C(C2CCCCC2)c2ccccc21. The zero-order chi connectivity index (χ0) is 28.9. The van der Waals surface area contributed by atoms with Gasteiger partial charge in [-0.25, -0.2) is 9.80 Å². The van der Waals surface area contributed by atoms with Crippen molar-refractivity contribution in [3.05, 3.63) is 59.7 Å². The van der Waals surface area contributed by atoms with E-state index in [1.165, 1.54) is 28.1 Å². The molecule has 0 radical (unpaired) electrons. The highest BCUT2D eigenvalue weighted by atomic mass is 32.2. The summed E-state index contributed by atoms with van der Waals surface area (Å²) >= 11 is 1.20. The predicted molar refractivity (Wildman–Crippen MR) is 162 cm³/mol. The Morgan fingerprint density at radius 1 is 1.07 bits per heavy atom. The highest BCUT2D eigenvalue weighted by Gasteiger charge is 2.36. The third-order valence-electron chi connectivity index (χ3n) is 7.18. The molecule has 10 heteroatoms. The number of hydrogen-bond acceptors (Lipinski definition) is 6. The van der Waals surface area contributed by atoms with Crippen LogP contribution < -0.4 is 16.0 Å². The van der Waals surface area contributed by atoms with Crippen LogP contribution in [0.4, 0.5) is 16.2 Å². The molecule has 212 valence electrons. The Hall–Kier alpha value is -3.66. The molecule has 1 saturated carbocycles. The van der Waals surface area contributed by atoms with E-state index in [1.54, 1.807) is 6.07 Å². The molecule has 0 spiro atoms. The molecule has 2 aliphatic rings. The number of nitrogens with zero attached hydrogens (tertiary/aromatic N) is 3. The highest BCUT2D eigenvalue weighted by Crippen LogP contribution is 2.34. The summed E-state index contributed by atoms with van der Waals surface area (Å²) in [7, 11) is 0. The van der Waals surface area contributed by atoms with Crippen molar-refractivity contribution in [2.75, 3.05) is 23.3 Å². The molecule has 2 aromatic carbocycles. The van der Waals surface area contributed by atoms with Crippen molar-refractivity contribution < 1.29 is 14.4 Å². The van der Waals surface area contributed by atoms with Crippen molar-refractivity contribution >= 4 is 51.7 Å². The lowest BCUT2D eigenvalue weighted by molar-refractivity contribution is -0.124. The fourth-order valence-corrected chi connectivity index (χ4v) is 5.45. The molecule has 0 aromatic heterocycles. The van der Waals surface area contributed by atoms with Crippen LogP contribution in [0, 0.1) is 16.7 Å². The van der Waals surface area contributed by atoms with Crippen molar-refractivity contribution in [2.45, 2.75) is 58.6 Å². The number of urea groups is 1. The number of carbonyl (C=O) groups excluding carboxylic acids is 3. The molecular weight excluding hydrogens is 524 g/mol. The Balaban J connectivity index is 1.64. The standard InChI is InChI=1S/C30H38N6O3S/c1-30(2,3)25(37)17-35-24-15-8-7-14-23(24)27(21-11-5-4-6-12-21)34-36(29(35)39)18-26(38)33-22-13-9-10-20(16-22)19-40-28(31)32/h7-10,13-16,21H,4-6,11-12,17-19H2,1-3H3,(H3,31,32)(H,33,38). The van der Waals surface area contributed by atoms with Crippen LogP contribution in [-0.4, -0.2) is 46.7 Å². The lowest BCUT2D eigenvalue weighted by atomic mass is 9.83. The molecule has 1 fully saturated rings. The maximum atomic E-state index is 14.0. The molecule has 9 nitrogen and oxygen atoms in total. The molecule has 1 aliphatic carbocycles. The van der Waals surface area contributed by atoms with Crippen molar-refractivity contribution in [3.8, 4) is 0 Å². The number of Topliss-reactive ketones (excluding diaryl/α,β-unsaturated/α-hetero) is 1. The van der Waals surface area contributed by atoms with E-state index in [-0.39, 0.29) is 30.0 Å². The van der Waals surface area contributed by atoms with Crippen molar-refractivity contribution in [1.82, 2.24) is 5.01 Å². The lowest BCUT2D eigenvalue weighted by Crippen LogP contribution is -2.47. The monoisotopic (exact) mass is 562 g/mol. The first-order valence-corrected chi connectivity index (χ1v) is 14.7. The number of fused-ring (bicyclic) bond motifs is 1. The molecule has 0 saturated heterocycles. The minimum absolute atomic E-state index is 0.0243. The largest absolute Gasteiger partial charge is 0.379 e. The number of para-hydroxylation sites is 1. The van der Waals surface area contributed by atoms with Crippen LogP contribution in [-0.2, 0) is 15.3 Å². The van der Waals surface area contributed by atoms with Crippen LogP contribution in [0.5, 0.6) is 0 Å². The molecule has 3 amide bonds. The van der Waals surface area contributed by atoms with Gasteiger partial charge in [-0.3, -0.25) is 19.9 Å². The number of amides is 3. The van der Waals surface area contributed by atoms with E-state index in [1.807, 2.05) is 63.2 Å². The van der Waals surface area contributed by atoms with E-state index in [4.69, 9.17) is 16.2 Å². The molecule has 0 bridgehead atoms. The van der Waals surface area contributed by atoms with Gasteiger partial charge >= 0.3 is 6.03 Å². The second-order valence-electron chi connectivity index (χ2n) is 11.3. The Labute approximate surface area is 240 Å². The molecule has 1 aliphatic heterocycles. The minimum Gasteiger partial charge on any atom is -0.379 e. The van der Waals surface area contributed by atoms with Crippen LogP contribution in [0.1, 0.15) is 64.0 Å². The van der Waals surface area contributed by atoms with Crippen LogP contribution in [0.15, 0.2) is 53.6 Å². The van der Waals surface area contributed by atoms with Crippen LogP contribution in [0.2, 0.25) is 0 Å². The summed E-state index contributed by atoms with van der Waals surface area (Å²) in [5, 5.41) is 16.4. The molecular formula is C30H38N6O3S. The second-order valence-corrected chi connectivity index (χ2v) is 12.4. The summed E-state index contributed by atoms with van der Waals surface area (Å²) in [5.74, 6) is 0.196. The summed E-state index contributed by atoms with van der Waals surface area (Å²) in [6.45, 7) is 5.10. The third-order valence-corrected chi connectivity index (χ3v) is 7.97. The average molecular weight is 563 g/mol. The van der Waals surface area contributed by atoms with Crippen LogP contribution in [0.3, 0.4) is 0 Å². The summed E-state index contributed by atoms with van der Waals surface area (Å²) in [6.07, 6.45) is 5.28. The molecule has 0 unspecified atom stereocenters. The first-order chi connectivity index (χ1) is 19.0. The first kappa shape index (κ1) is 29.3. The van der Waals surface area contributed by atoms with Crippen molar-refractivity contribution in [2.24, 2.45) is 22.2 Å². The number of thioether (sulfide) groups is 1. The Kier molecular flexibility index (Phi) is 9.29. The number of nitrogens with two attached hydrogens (primary N) is 1. The van der Waals surface area contributed by atoms with E-state index in [0.29, 0.717) is 17.1 Å². The maximum Gasteiger partial charge on any atom is 0.345 e. The van der Waals surface area contributed by atoms with Crippen molar-refractivity contribution in [1.29, 1.82) is 5.41 Å². The topological polar surface area (TPSA) is 132 Å². The Morgan fingerprint density at radius 3 is 2.50 bits per heavy atom. The van der Waals surface area contributed by atoms with Crippen molar-refractivity contribution in [3.63, 3.8) is 0 Å². The zero-order valence-corrected chi connectivity index (χ0v) is 24.2. The fourth-order valence-electron chi connectivity index (χ4n) is 4.95. The lowest BCUT2D eigenvalue weighted by Gasteiger charge is -2.28. The minimum atomic E-state index is -0.636. The first-order valence-electron chi connectivity index (χ1n) is 13.7. The van der Waals surface area contributed by atoms with Gasteiger partial charge in [0.15, 0.2) is 11.0 Å². The molecule has 40 heavy (non-hydrogen) atoms. The van der Waals surface area contributed by atoms with E-state index >= 15 is 0 Å². The average Bonchev–Trinajstić information content (AvgIpc) is 3.03. The van der Waals surface area contributed by atoms with Crippen LogP contribution >= 0.6 is 11.8 Å². The van der Waals surface area contributed by atoms with Gasteiger partial charge in [-0.15, -0.1) is 0 Å². The predicted octanol–water partition coefficient (Wildman–Crippen LogP) is 5.59. The highest BCUT2D eigenvalue weighted by molar-refractivity contribution is 8.13. The molecule has 4 N–H and O–H groups in total. The van der Waals surface area contributed by atoms with Gasteiger partial charge in [-0.2, -0.15) is 5.10 Å². The molecule has 0 atom stereocenters. The summed E-state index contributed by atoms with van der Waals surface area (Å²) in [4.78, 5) is 41.8. The second kappa shape index (κ2) is 12.7. The molecule has 1 heterocycles. The van der Waals surface area contributed by atoms with Gasteiger partial charge in [0.05, 0.1) is 17.9 Å². The van der Waals surface area contributed by atoms with Gasteiger partial charge < -0.3 is 11.1 Å². The van der Waals surface area contributed by atoms with E-state index in [0.717, 1.165) is 42.5 Å². The van der Waals surface area contributed by atoms with Gasteiger partial charge in [0, 0.05) is 28.3 Å². The van der Waals surface area contributed by atoms with Gasteiger partial charge in [-0.1, -0.05) is 82.1 Å². The summed E-state index contributed by atoms with van der Waals surface area (Å²) in [6, 6.07) is 14.4. The fraction of sp³-hybridized carbons (Fsp3) is 0.433. The van der Waals surface area contributed by atoms with Gasteiger partial charge in [0.25, 0.3) is 0 Å². The molecule has 4 rings (SSSR count). The van der Waals surface area contributed by atoms with Gasteiger partial charge in [0.1, 0.15) is 6.54 Å². The number of rotatable bonds is 8. The Morgan fingerprint density at radius 2 is 1.80 bits per heavy atom. The van der Waals surface area contributed by atoms with E-state index < -0.39 is 17.4 Å². The number of ketones is 1. The summed E-state index contributed by atoms with van der Waals surface area (Å²) < 4.78 is 0. The van der Waals surface area contributed by atoms with E-state index in [2.05, 4.69) is 5.32 Å². The number of carbonyl (C=O) groups is 3. The number of anilines is 2.